The van der Waals surface area contributed by atoms with Crippen molar-refractivity contribution >= 4 is 5.91 Å². The van der Waals surface area contributed by atoms with Crippen molar-refractivity contribution in [2.45, 2.75) is 6.92 Å². The Morgan fingerprint density at radius 1 is 1.50 bits per heavy atom. The van der Waals surface area contributed by atoms with E-state index < -0.39 is 5.82 Å². The van der Waals surface area contributed by atoms with Gasteiger partial charge in [-0.2, -0.15) is 0 Å². The molecule has 1 atom stereocenters. The van der Waals surface area contributed by atoms with Crippen molar-refractivity contribution < 1.29 is 9.18 Å². The predicted octanol–water partition coefficient (Wildman–Crippen LogP) is 0.806. The topological polar surface area (TPSA) is 54.0 Å². The van der Waals surface area contributed by atoms with Crippen LogP contribution in [-0.2, 0) is 0 Å². The minimum atomic E-state index is -0.444. The molecule has 4 nitrogen and oxygen atoms in total. The summed E-state index contributed by atoms with van der Waals surface area (Å²) in [4.78, 5) is 15.2. The van der Waals surface area contributed by atoms with Gasteiger partial charge in [-0.3, -0.25) is 4.79 Å². The van der Waals surface area contributed by atoms with Crippen molar-refractivity contribution in [3.63, 3.8) is 0 Å². The molecular formula is C11H16FN3O. The first-order chi connectivity index (χ1) is 7.63. The number of hydrogen-bond donors (Lipinski definition) is 2. The number of nitrogens with zero attached hydrogens (tertiary/aromatic N) is 1. The molecule has 0 radical (unpaired) electrons. The van der Waals surface area contributed by atoms with Crippen LogP contribution in [0.1, 0.15) is 17.4 Å². The lowest BCUT2D eigenvalue weighted by Crippen LogP contribution is -2.32. The molecule has 0 aliphatic heterocycles. The number of amides is 1. The van der Waals surface area contributed by atoms with Gasteiger partial charge in [-0.25, -0.2) is 9.37 Å². The van der Waals surface area contributed by atoms with E-state index in [1.54, 1.807) is 0 Å². The van der Waals surface area contributed by atoms with Gasteiger partial charge in [-0.15, -0.1) is 0 Å². The van der Waals surface area contributed by atoms with Crippen LogP contribution >= 0.6 is 0 Å². The van der Waals surface area contributed by atoms with Crippen molar-refractivity contribution in [2.24, 2.45) is 5.92 Å². The molecule has 1 amide bonds. The van der Waals surface area contributed by atoms with E-state index in [1.165, 1.54) is 12.1 Å². The SMILES string of the molecule is CNCC(C)CNC(=O)c1ccc(F)cn1. The molecular weight excluding hydrogens is 209 g/mol. The zero-order valence-corrected chi connectivity index (χ0v) is 9.46. The van der Waals surface area contributed by atoms with E-state index in [2.05, 4.69) is 15.6 Å². The fourth-order valence-corrected chi connectivity index (χ4v) is 1.29. The van der Waals surface area contributed by atoms with Gasteiger partial charge in [0.2, 0.25) is 0 Å². The molecule has 1 rings (SSSR count). The fourth-order valence-electron chi connectivity index (χ4n) is 1.29. The third-order valence-electron chi connectivity index (χ3n) is 2.12. The molecule has 0 saturated carbocycles. The Hall–Kier alpha value is -1.49. The van der Waals surface area contributed by atoms with E-state index in [-0.39, 0.29) is 11.6 Å². The van der Waals surface area contributed by atoms with Crippen molar-refractivity contribution in [2.75, 3.05) is 20.1 Å². The number of pyridine rings is 1. The van der Waals surface area contributed by atoms with Crippen molar-refractivity contribution in [3.8, 4) is 0 Å². The number of halogens is 1. The van der Waals surface area contributed by atoms with Gasteiger partial charge in [0.15, 0.2) is 0 Å². The largest absolute Gasteiger partial charge is 0.350 e. The van der Waals surface area contributed by atoms with Gasteiger partial charge in [-0.1, -0.05) is 6.92 Å². The Kier molecular flexibility index (Phi) is 4.85. The van der Waals surface area contributed by atoms with Crippen LogP contribution in [0.25, 0.3) is 0 Å². The summed E-state index contributed by atoms with van der Waals surface area (Å²) in [5, 5.41) is 5.76. The Morgan fingerprint density at radius 2 is 2.25 bits per heavy atom. The molecule has 0 aromatic carbocycles. The highest BCUT2D eigenvalue weighted by atomic mass is 19.1. The van der Waals surface area contributed by atoms with Gasteiger partial charge in [0.05, 0.1) is 6.20 Å². The zero-order chi connectivity index (χ0) is 12.0. The Morgan fingerprint density at radius 3 is 2.81 bits per heavy atom. The molecule has 5 heteroatoms. The van der Waals surface area contributed by atoms with Crippen LogP contribution in [0.15, 0.2) is 18.3 Å². The van der Waals surface area contributed by atoms with Crippen molar-refractivity contribution in [1.82, 2.24) is 15.6 Å². The van der Waals surface area contributed by atoms with Crippen LogP contribution in [0.5, 0.6) is 0 Å². The molecule has 1 aromatic rings. The first-order valence-corrected chi connectivity index (χ1v) is 5.18. The summed E-state index contributed by atoms with van der Waals surface area (Å²) in [5.74, 6) is -0.377. The molecule has 0 aliphatic rings. The molecule has 2 N–H and O–H groups in total. The lowest BCUT2D eigenvalue weighted by atomic mass is 10.2. The molecule has 1 aromatic heterocycles. The summed E-state index contributed by atoms with van der Waals surface area (Å²) in [6.07, 6.45) is 1.03. The molecule has 0 aliphatic carbocycles. The molecule has 1 unspecified atom stereocenters. The molecule has 0 fully saturated rings. The van der Waals surface area contributed by atoms with E-state index in [1.807, 2.05) is 14.0 Å². The van der Waals surface area contributed by atoms with Crippen LogP contribution in [0.4, 0.5) is 4.39 Å². The summed E-state index contributed by atoms with van der Waals surface area (Å²) in [6, 6.07) is 2.59. The van der Waals surface area contributed by atoms with Gasteiger partial charge in [-0.05, 0) is 31.6 Å². The first kappa shape index (κ1) is 12.6. The maximum Gasteiger partial charge on any atom is 0.269 e. The number of rotatable bonds is 5. The number of nitrogens with one attached hydrogen (secondary N) is 2. The standard InChI is InChI=1S/C11H16FN3O/c1-8(5-13-2)6-15-11(16)10-4-3-9(12)7-14-10/h3-4,7-8,13H,5-6H2,1-2H3,(H,15,16). The van der Waals surface area contributed by atoms with E-state index >= 15 is 0 Å². The van der Waals surface area contributed by atoms with Gasteiger partial charge >= 0.3 is 0 Å². The van der Waals surface area contributed by atoms with Gasteiger partial charge in [0.25, 0.3) is 5.91 Å². The van der Waals surface area contributed by atoms with E-state index in [0.717, 1.165) is 12.7 Å². The van der Waals surface area contributed by atoms with Crippen LogP contribution in [0, 0.1) is 11.7 Å². The normalized spacial score (nSPS) is 12.2. The first-order valence-electron chi connectivity index (χ1n) is 5.18. The third-order valence-corrected chi connectivity index (χ3v) is 2.12. The molecule has 88 valence electrons. The van der Waals surface area contributed by atoms with Gasteiger partial charge in [0.1, 0.15) is 11.5 Å². The van der Waals surface area contributed by atoms with Crippen LogP contribution in [0.3, 0.4) is 0 Å². The summed E-state index contributed by atoms with van der Waals surface area (Å²) < 4.78 is 12.6. The second-order valence-electron chi connectivity index (χ2n) is 3.73. The van der Waals surface area contributed by atoms with Crippen LogP contribution < -0.4 is 10.6 Å². The quantitative estimate of drug-likeness (QED) is 0.779. The van der Waals surface area contributed by atoms with E-state index in [9.17, 15) is 9.18 Å². The second-order valence-corrected chi connectivity index (χ2v) is 3.73. The third kappa shape index (κ3) is 3.94. The highest BCUT2D eigenvalue weighted by Gasteiger charge is 2.08. The summed E-state index contributed by atoms with van der Waals surface area (Å²) >= 11 is 0. The molecule has 0 bridgehead atoms. The summed E-state index contributed by atoms with van der Waals surface area (Å²) in [7, 11) is 1.86. The van der Waals surface area contributed by atoms with Crippen LogP contribution in [-0.4, -0.2) is 31.0 Å². The fraction of sp³-hybridized carbons (Fsp3) is 0.455. The van der Waals surface area contributed by atoms with Crippen molar-refractivity contribution in [3.05, 3.63) is 29.8 Å². The van der Waals surface area contributed by atoms with E-state index in [0.29, 0.717) is 12.5 Å². The number of hydrogen-bond acceptors (Lipinski definition) is 3. The predicted molar refractivity (Wildman–Crippen MR) is 59.6 cm³/mol. The maximum atomic E-state index is 12.6. The molecule has 1 heterocycles. The van der Waals surface area contributed by atoms with Crippen molar-refractivity contribution in [1.29, 1.82) is 0 Å². The lowest BCUT2D eigenvalue weighted by molar-refractivity contribution is 0.0943. The molecule has 0 saturated heterocycles. The lowest BCUT2D eigenvalue weighted by Gasteiger charge is -2.11. The molecule has 0 spiro atoms. The van der Waals surface area contributed by atoms with Crippen LogP contribution in [0.2, 0.25) is 0 Å². The number of aromatic nitrogens is 1. The Bertz CT molecular complexity index is 340. The highest BCUT2D eigenvalue weighted by Crippen LogP contribution is 1.98. The van der Waals surface area contributed by atoms with E-state index in [4.69, 9.17) is 0 Å². The summed E-state index contributed by atoms with van der Waals surface area (Å²) in [5.41, 5.74) is 0.234. The maximum absolute atomic E-state index is 12.6. The number of carbonyl (C=O) groups is 1. The number of carbonyl (C=O) groups excluding carboxylic acids is 1. The monoisotopic (exact) mass is 225 g/mol. The Labute approximate surface area is 94.3 Å². The minimum absolute atomic E-state index is 0.234. The molecule has 16 heavy (non-hydrogen) atoms. The second kappa shape index (κ2) is 6.17. The summed E-state index contributed by atoms with van der Waals surface area (Å²) in [6.45, 7) is 3.42. The Balaban J connectivity index is 2.43. The van der Waals surface area contributed by atoms with Gasteiger partial charge < -0.3 is 10.6 Å². The zero-order valence-electron chi connectivity index (χ0n) is 9.46. The average Bonchev–Trinajstić information content (AvgIpc) is 2.27. The highest BCUT2D eigenvalue weighted by molar-refractivity contribution is 5.92. The minimum Gasteiger partial charge on any atom is -0.350 e. The van der Waals surface area contributed by atoms with Gasteiger partial charge in [0, 0.05) is 6.54 Å². The average molecular weight is 225 g/mol. The smallest absolute Gasteiger partial charge is 0.269 e.